The molecule has 0 fully saturated rings. The van der Waals surface area contributed by atoms with Crippen LogP contribution in [0.1, 0.15) is 11.1 Å². The van der Waals surface area contributed by atoms with Gasteiger partial charge in [0, 0.05) is 4.90 Å². The van der Waals surface area contributed by atoms with Crippen molar-refractivity contribution in [3.63, 3.8) is 0 Å². The lowest BCUT2D eigenvalue weighted by Crippen LogP contribution is -2.12. The van der Waals surface area contributed by atoms with Crippen LogP contribution in [0.4, 0.5) is 0 Å². The first-order valence-electron chi connectivity index (χ1n) is 6.24. The van der Waals surface area contributed by atoms with Crippen molar-refractivity contribution in [2.75, 3.05) is 6.26 Å². The lowest BCUT2D eigenvalue weighted by Gasteiger charge is -2.10. The van der Waals surface area contributed by atoms with Gasteiger partial charge in [-0.05, 0) is 55.1 Å². The number of nitrogens with two attached hydrogens (primary N) is 1. The molecule has 0 bridgehead atoms. The molecule has 0 spiro atoms. The SMILES string of the molecule is CSc1ccc(Oc2ccc(S(N)(=O)=O)cc2C#N)cc1C. The van der Waals surface area contributed by atoms with Gasteiger partial charge in [0.1, 0.15) is 17.6 Å². The molecule has 0 saturated carbocycles. The van der Waals surface area contributed by atoms with Crippen molar-refractivity contribution in [2.45, 2.75) is 16.7 Å². The van der Waals surface area contributed by atoms with Crippen LogP contribution in [0.2, 0.25) is 0 Å². The molecule has 0 unspecified atom stereocenters. The van der Waals surface area contributed by atoms with Crippen LogP contribution in [0.5, 0.6) is 11.5 Å². The lowest BCUT2D eigenvalue weighted by atomic mass is 10.2. The summed E-state index contributed by atoms with van der Waals surface area (Å²) < 4.78 is 28.3. The van der Waals surface area contributed by atoms with Gasteiger partial charge >= 0.3 is 0 Å². The first-order valence-corrected chi connectivity index (χ1v) is 9.01. The van der Waals surface area contributed by atoms with Crippen LogP contribution in [0, 0.1) is 18.3 Å². The summed E-state index contributed by atoms with van der Waals surface area (Å²) in [6.07, 6.45) is 1.99. The minimum Gasteiger partial charge on any atom is -0.456 e. The number of nitriles is 1. The topological polar surface area (TPSA) is 93.2 Å². The van der Waals surface area contributed by atoms with E-state index in [9.17, 15) is 8.42 Å². The fourth-order valence-electron chi connectivity index (χ4n) is 1.90. The van der Waals surface area contributed by atoms with Gasteiger partial charge in [0.05, 0.1) is 10.5 Å². The molecule has 5 nitrogen and oxygen atoms in total. The van der Waals surface area contributed by atoms with Crippen molar-refractivity contribution in [3.8, 4) is 17.6 Å². The van der Waals surface area contributed by atoms with Crippen molar-refractivity contribution in [3.05, 3.63) is 47.5 Å². The second-order valence-corrected chi connectivity index (χ2v) is 6.96. The average Bonchev–Trinajstić information content (AvgIpc) is 2.46. The van der Waals surface area contributed by atoms with Crippen LogP contribution < -0.4 is 9.88 Å². The van der Waals surface area contributed by atoms with Gasteiger partial charge < -0.3 is 4.74 Å². The molecular weight excluding hydrogens is 320 g/mol. The number of benzene rings is 2. The van der Waals surface area contributed by atoms with E-state index in [2.05, 4.69) is 0 Å². The molecule has 2 rings (SSSR count). The highest BCUT2D eigenvalue weighted by Crippen LogP contribution is 2.30. The molecule has 114 valence electrons. The number of aryl methyl sites for hydroxylation is 1. The number of primary sulfonamides is 1. The summed E-state index contributed by atoms with van der Waals surface area (Å²) in [5, 5.41) is 14.2. The molecule has 0 saturated heterocycles. The van der Waals surface area contributed by atoms with Gasteiger partial charge in [0.15, 0.2) is 0 Å². The van der Waals surface area contributed by atoms with Crippen molar-refractivity contribution < 1.29 is 13.2 Å². The summed E-state index contributed by atoms with van der Waals surface area (Å²) in [6, 6.07) is 11.5. The Morgan fingerprint density at radius 1 is 1.23 bits per heavy atom. The monoisotopic (exact) mass is 334 g/mol. The maximum atomic E-state index is 11.3. The van der Waals surface area contributed by atoms with Gasteiger partial charge in [0.25, 0.3) is 0 Å². The molecule has 0 aliphatic heterocycles. The Bertz CT molecular complexity index is 856. The third kappa shape index (κ3) is 3.60. The van der Waals surface area contributed by atoms with E-state index in [4.69, 9.17) is 15.1 Å². The summed E-state index contributed by atoms with van der Waals surface area (Å²) in [5.41, 5.74) is 1.17. The van der Waals surface area contributed by atoms with Crippen LogP contribution in [-0.4, -0.2) is 14.7 Å². The van der Waals surface area contributed by atoms with Gasteiger partial charge in [-0.15, -0.1) is 11.8 Å². The molecule has 0 heterocycles. The molecule has 0 aliphatic carbocycles. The Hall–Kier alpha value is -2.01. The highest BCUT2D eigenvalue weighted by molar-refractivity contribution is 7.98. The van der Waals surface area contributed by atoms with Gasteiger partial charge in [-0.25, -0.2) is 13.6 Å². The molecule has 7 heteroatoms. The van der Waals surface area contributed by atoms with E-state index >= 15 is 0 Å². The standard InChI is InChI=1S/C15H14N2O3S2/c1-10-7-12(3-6-15(10)21-2)20-14-5-4-13(22(17,18)19)8-11(14)9-16/h3-8H,1-2H3,(H2,17,18,19). The normalized spacial score (nSPS) is 11.0. The molecule has 0 atom stereocenters. The number of sulfonamides is 1. The number of ether oxygens (including phenoxy) is 1. The minimum atomic E-state index is -3.85. The van der Waals surface area contributed by atoms with Crippen molar-refractivity contribution in [2.24, 2.45) is 5.14 Å². The molecule has 0 amide bonds. The summed E-state index contributed by atoms with van der Waals surface area (Å²) in [6.45, 7) is 1.97. The Balaban J connectivity index is 2.38. The van der Waals surface area contributed by atoms with E-state index in [-0.39, 0.29) is 16.2 Å². The van der Waals surface area contributed by atoms with Gasteiger partial charge in [-0.2, -0.15) is 5.26 Å². The van der Waals surface area contributed by atoms with Crippen LogP contribution in [-0.2, 0) is 10.0 Å². The van der Waals surface area contributed by atoms with Gasteiger partial charge in [-0.1, -0.05) is 0 Å². The predicted molar refractivity (Wildman–Crippen MR) is 85.6 cm³/mol. The number of nitrogens with zero attached hydrogens (tertiary/aromatic N) is 1. The number of hydrogen-bond donors (Lipinski definition) is 1. The maximum absolute atomic E-state index is 11.3. The molecule has 22 heavy (non-hydrogen) atoms. The molecule has 0 radical (unpaired) electrons. The smallest absolute Gasteiger partial charge is 0.238 e. The molecule has 2 aromatic rings. The molecular formula is C15H14N2O3S2. The zero-order valence-electron chi connectivity index (χ0n) is 12.0. The first kappa shape index (κ1) is 16.4. The fraction of sp³-hybridized carbons (Fsp3) is 0.133. The first-order chi connectivity index (χ1) is 10.3. The average molecular weight is 334 g/mol. The van der Waals surface area contributed by atoms with E-state index < -0.39 is 10.0 Å². The molecule has 0 aromatic heterocycles. The molecule has 2 N–H and O–H groups in total. The fourth-order valence-corrected chi connectivity index (χ4v) is 3.03. The van der Waals surface area contributed by atoms with Crippen molar-refractivity contribution in [1.82, 2.24) is 0 Å². The van der Waals surface area contributed by atoms with E-state index in [1.165, 1.54) is 18.2 Å². The maximum Gasteiger partial charge on any atom is 0.238 e. The zero-order chi connectivity index (χ0) is 16.3. The summed E-state index contributed by atoms with van der Waals surface area (Å²) >= 11 is 1.63. The zero-order valence-corrected chi connectivity index (χ0v) is 13.7. The van der Waals surface area contributed by atoms with Crippen LogP contribution in [0.15, 0.2) is 46.2 Å². The third-order valence-corrected chi connectivity index (χ3v) is 4.80. The Labute approximate surface area is 133 Å². The summed E-state index contributed by atoms with van der Waals surface area (Å²) in [5.74, 6) is 0.862. The van der Waals surface area contributed by atoms with Crippen molar-refractivity contribution >= 4 is 21.8 Å². The third-order valence-electron chi connectivity index (χ3n) is 2.99. The Kier molecular flexibility index (Phi) is 4.76. The lowest BCUT2D eigenvalue weighted by molar-refractivity contribution is 0.479. The number of hydrogen-bond acceptors (Lipinski definition) is 5. The summed E-state index contributed by atoms with van der Waals surface area (Å²) in [7, 11) is -3.85. The van der Waals surface area contributed by atoms with Crippen LogP contribution >= 0.6 is 11.8 Å². The van der Waals surface area contributed by atoms with E-state index in [1.807, 2.05) is 31.4 Å². The Morgan fingerprint density at radius 2 is 1.95 bits per heavy atom. The van der Waals surface area contributed by atoms with Crippen LogP contribution in [0.3, 0.4) is 0 Å². The van der Waals surface area contributed by atoms with Gasteiger partial charge in [0.2, 0.25) is 10.0 Å². The predicted octanol–water partition coefficient (Wildman–Crippen LogP) is 3.03. The largest absolute Gasteiger partial charge is 0.456 e. The van der Waals surface area contributed by atoms with Crippen LogP contribution in [0.25, 0.3) is 0 Å². The van der Waals surface area contributed by atoms with E-state index in [0.717, 1.165) is 10.5 Å². The Morgan fingerprint density at radius 3 is 2.50 bits per heavy atom. The highest BCUT2D eigenvalue weighted by atomic mass is 32.2. The van der Waals surface area contributed by atoms with E-state index in [1.54, 1.807) is 17.8 Å². The minimum absolute atomic E-state index is 0.109. The second-order valence-electron chi connectivity index (χ2n) is 4.55. The number of thioether (sulfide) groups is 1. The van der Waals surface area contributed by atoms with Crippen molar-refractivity contribution in [1.29, 1.82) is 5.26 Å². The molecule has 2 aromatic carbocycles. The quantitative estimate of drug-likeness (QED) is 0.867. The highest BCUT2D eigenvalue weighted by Gasteiger charge is 2.13. The van der Waals surface area contributed by atoms with Gasteiger partial charge in [-0.3, -0.25) is 0 Å². The summed E-state index contributed by atoms with van der Waals surface area (Å²) in [4.78, 5) is 1.02. The van der Waals surface area contributed by atoms with E-state index in [0.29, 0.717) is 5.75 Å². The second kappa shape index (κ2) is 6.40. The molecule has 0 aliphatic rings. The number of rotatable bonds is 4.